The molecule has 198 valence electrons. The SMILES string of the molecule is Cl.O=C(O)c1ccc2c(c1)CCC(c1ccc(Cl)cc1Cl)=C2c1ccc(/C=C2/CCN(CCCF)C2)cc1. The number of carbonyl (C=O) groups is 1. The maximum Gasteiger partial charge on any atom is 0.335 e. The van der Waals surface area contributed by atoms with Crippen molar-refractivity contribution < 1.29 is 14.3 Å². The van der Waals surface area contributed by atoms with Gasteiger partial charge in [0.2, 0.25) is 0 Å². The Balaban J connectivity index is 0.00000336. The molecule has 1 saturated heterocycles. The fourth-order valence-electron chi connectivity index (χ4n) is 5.38. The summed E-state index contributed by atoms with van der Waals surface area (Å²) >= 11 is 12.8. The highest BCUT2D eigenvalue weighted by Crippen LogP contribution is 2.43. The molecular weight excluding hydrogens is 544 g/mol. The van der Waals surface area contributed by atoms with Gasteiger partial charge in [0.25, 0.3) is 0 Å². The van der Waals surface area contributed by atoms with E-state index in [-0.39, 0.29) is 19.1 Å². The molecule has 1 N–H and O–H groups in total. The second-order valence-electron chi connectivity index (χ2n) is 9.65. The molecule has 0 saturated carbocycles. The molecule has 38 heavy (non-hydrogen) atoms. The van der Waals surface area contributed by atoms with Crippen molar-refractivity contribution in [1.82, 2.24) is 4.90 Å². The molecule has 3 nitrogen and oxygen atoms in total. The van der Waals surface area contributed by atoms with Crippen LogP contribution in [0.5, 0.6) is 0 Å². The van der Waals surface area contributed by atoms with Gasteiger partial charge in [0.15, 0.2) is 0 Å². The third kappa shape index (κ3) is 6.16. The number of carboxylic acids is 1. The van der Waals surface area contributed by atoms with Gasteiger partial charge in [-0.3, -0.25) is 9.29 Å². The highest BCUT2D eigenvalue weighted by atomic mass is 35.5. The summed E-state index contributed by atoms with van der Waals surface area (Å²) in [6.45, 7) is 2.42. The molecule has 3 aromatic carbocycles. The van der Waals surface area contributed by atoms with E-state index in [1.54, 1.807) is 18.2 Å². The average molecular weight is 573 g/mol. The maximum atomic E-state index is 12.5. The van der Waals surface area contributed by atoms with Gasteiger partial charge in [-0.1, -0.05) is 71.2 Å². The summed E-state index contributed by atoms with van der Waals surface area (Å²) in [5.41, 5.74) is 9.05. The van der Waals surface area contributed by atoms with Gasteiger partial charge in [-0.05, 0) is 88.9 Å². The van der Waals surface area contributed by atoms with E-state index in [2.05, 4.69) is 35.2 Å². The van der Waals surface area contributed by atoms with Crippen LogP contribution in [0.25, 0.3) is 17.2 Å². The average Bonchev–Trinajstić information content (AvgIpc) is 3.34. The zero-order valence-corrected chi connectivity index (χ0v) is 23.2. The fourth-order valence-corrected chi connectivity index (χ4v) is 5.90. The van der Waals surface area contributed by atoms with E-state index in [0.717, 1.165) is 77.9 Å². The Morgan fingerprint density at radius 2 is 1.74 bits per heavy atom. The van der Waals surface area contributed by atoms with Crippen molar-refractivity contribution in [2.45, 2.75) is 25.7 Å². The van der Waals surface area contributed by atoms with E-state index in [0.29, 0.717) is 22.0 Å². The highest BCUT2D eigenvalue weighted by Gasteiger charge is 2.24. The number of allylic oxidation sites excluding steroid dienone is 1. The summed E-state index contributed by atoms with van der Waals surface area (Å²) in [6, 6.07) is 19.4. The molecule has 1 aliphatic carbocycles. The largest absolute Gasteiger partial charge is 0.478 e. The lowest BCUT2D eigenvalue weighted by atomic mass is 9.79. The third-order valence-electron chi connectivity index (χ3n) is 7.18. The number of rotatable bonds is 7. The zero-order valence-electron chi connectivity index (χ0n) is 20.9. The maximum absolute atomic E-state index is 12.5. The molecule has 1 heterocycles. The van der Waals surface area contributed by atoms with Crippen molar-refractivity contribution in [1.29, 1.82) is 0 Å². The first kappa shape index (κ1) is 28.4. The number of fused-ring (bicyclic) bond motifs is 1. The topological polar surface area (TPSA) is 40.5 Å². The van der Waals surface area contributed by atoms with Crippen LogP contribution in [0.2, 0.25) is 10.0 Å². The number of nitrogens with zero attached hydrogens (tertiary/aromatic N) is 1. The number of hydrogen-bond acceptors (Lipinski definition) is 2. The third-order valence-corrected chi connectivity index (χ3v) is 7.73. The molecule has 1 aliphatic heterocycles. The van der Waals surface area contributed by atoms with E-state index in [1.165, 1.54) is 5.57 Å². The predicted octanol–water partition coefficient (Wildman–Crippen LogP) is 8.47. The summed E-state index contributed by atoms with van der Waals surface area (Å²) in [7, 11) is 0. The van der Waals surface area contributed by atoms with E-state index < -0.39 is 5.97 Å². The Bertz CT molecular complexity index is 1400. The summed E-state index contributed by atoms with van der Waals surface area (Å²) in [5.74, 6) is -0.924. The smallest absolute Gasteiger partial charge is 0.335 e. The van der Waals surface area contributed by atoms with E-state index in [9.17, 15) is 14.3 Å². The second-order valence-corrected chi connectivity index (χ2v) is 10.5. The van der Waals surface area contributed by atoms with Crippen LogP contribution in [0.4, 0.5) is 4.39 Å². The van der Waals surface area contributed by atoms with Gasteiger partial charge in [-0.15, -0.1) is 12.4 Å². The lowest BCUT2D eigenvalue weighted by Gasteiger charge is -2.25. The van der Waals surface area contributed by atoms with Crippen LogP contribution in [0.1, 0.15) is 57.4 Å². The van der Waals surface area contributed by atoms with Crippen molar-refractivity contribution in [3.8, 4) is 0 Å². The first-order chi connectivity index (χ1) is 17.9. The van der Waals surface area contributed by atoms with Gasteiger partial charge in [0, 0.05) is 29.7 Å². The van der Waals surface area contributed by atoms with Crippen molar-refractivity contribution in [3.05, 3.63) is 110 Å². The number of hydrogen-bond donors (Lipinski definition) is 1. The Kier molecular flexibility index (Phi) is 9.32. The lowest BCUT2D eigenvalue weighted by molar-refractivity contribution is 0.0696. The number of aryl methyl sites for hydroxylation is 1. The molecule has 0 atom stereocenters. The first-order valence-electron chi connectivity index (χ1n) is 12.6. The van der Waals surface area contributed by atoms with Gasteiger partial charge in [0.05, 0.1) is 12.2 Å². The van der Waals surface area contributed by atoms with Crippen LogP contribution < -0.4 is 0 Å². The van der Waals surface area contributed by atoms with Crippen molar-refractivity contribution in [3.63, 3.8) is 0 Å². The lowest BCUT2D eigenvalue weighted by Crippen LogP contribution is -2.20. The number of halogens is 4. The Hall–Kier alpha value is -2.63. The van der Waals surface area contributed by atoms with Gasteiger partial charge in [-0.2, -0.15) is 0 Å². The van der Waals surface area contributed by atoms with Crippen LogP contribution in [-0.4, -0.2) is 42.3 Å². The van der Waals surface area contributed by atoms with Gasteiger partial charge in [0.1, 0.15) is 0 Å². The minimum Gasteiger partial charge on any atom is -0.478 e. The number of likely N-dealkylation sites (tertiary alicyclic amines) is 1. The van der Waals surface area contributed by atoms with Crippen LogP contribution in [0.3, 0.4) is 0 Å². The minimum atomic E-state index is -0.924. The second kappa shape index (κ2) is 12.5. The quantitative estimate of drug-likeness (QED) is 0.309. The van der Waals surface area contributed by atoms with Crippen LogP contribution in [-0.2, 0) is 6.42 Å². The molecule has 0 spiro atoms. The number of alkyl halides is 1. The molecule has 7 heteroatoms. The molecule has 3 aromatic rings. The van der Waals surface area contributed by atoms with E-state index in [4.69, 9.17) is 23.2 Å². The van der Waals surface area contributed by atoms with Crippen LogP contribution in [0, 0.1) is 0 Å². The summed E-state index contributed by atoms with van der Waals surface area (Å²) in [6.07, 6.45) is 5.31. The number of carboxylic acid groups (broad SMARTS) is 1. The standard InChI is InChI=1S/C31H28Cl2FNO2.ClH/c32-25-8-11-27(29(33)18-25)28-10-6-23-17-24(31(36)37)7-9-26(23)30(28)22-4-2-20(3-5-22)16-21-12-15-35(19-21)14-1-13-34;/h2-5,7-9,11,16-18H,1,6,10,12-15,19H2,(H,36,37);1H/b21-16-;. The molecule has 1 fully saturated rings. The van der Waals surface area contributed by atoms with Crippen molar-refractivity contribution >= 4 is 58.8 Å². The van der Waals surface area contributed by atoms with Gasteiger partial charge < -0.3 is 5.11 Å². The van der Waals surface area contributed by atoms with E-state index >= 15 is 0 Å². The Labute approximate surface area is 239 Å². The number of aromatic carboxylic acids is 1. The summed E-state index contributed by atoms with van der Waals surface area (Å²) in [5, 5.41) is 10.7. The van der Waals surface area contributed by atoms with Crippen molar-refractivity contribution in [2.75, 3.05) is 26.3 Å². The monoisotopic (exact) mass is 571 g/mol. The Morgan fingerprint density at radius 3 is 2.45 bits per heavy atom. The predicted molar refractivity (Wildman–Crippen MR) is 157 cm³/mol. The van der Waals surface area contributed by atoms with Gasteiger partial charge >= 0.3 is 5.97 Å². The Morgan fingerprint density at radius 1 is 0.974 bits per heavy atom. The first-order valence-corrected chi connectivity index (χ1v) is 13.3. The molecule has 5 rings (SSSR count). The van der Waals surface area contributed by atoms with Gasteiger partial charge in [-0.25, -0.2) is 4.79 Å². The molecule has 0 bridgehead atoms. The normalized spacial score (nSPS) is 16.4. The minimum absolute atomic E-state index is 0. The number of benzene rings is 3. The van der Waals surface area contributed by atoms with E-state index in [1.807, 2.05) is 18.2 Å². The highest BCUT2D eigenvalue weighted by molar-refractivity contribution is 6.36. The van der Waals surface area contributed by atoms with Crippen LogP contribution in [0.15, 0.2) is 66.2 Å². The molecule has 0 amide bonds. The zero-order chi connectivity index (χ0) is 25.9. The fraction of sp³-hybridized carbons (Fsp3) is 0.258. The molecular formula is C31H29Cl3FNO2. The molecule has 0 unspecified atom stereocenters. The summed E-state index contributed by atoms with van der Waals surface area (Å²) in [4.78, 5) is 13.9. The molecule has 0 radical (unpaired) electrons. The van der Waals surface area contributed by atoms with Crippen molar-refractivity contribution in [2.24, 2.45) is 0 Å². The molecule has 0 aromatic heterocycles. The molecule has 2 aliphatic rings. The summed E-state index contributed by atoms with van der Waals surface area (Å²) < 4.78 is 12.5. The van der Waals surface area contributed by atoms with Crippen LogP contribution >= 0.6 is 35.6 Å².